The molecule has 0 saturated carbocycles. The molecule has 1 aliphatic heterocycles. The normalized spacial score (nSPS) is 15.7. The molecule has 1 atom stereocenters. The van der Waals surface area contributed by atoms with Gasteiger partial charge in [0.2, 0.25) is 5.91 Å². The van der Waals surface area contributed by atoms with Crippen molar-refractivity contribution in [1.82, 2.24) is 29.6 Å². The number of carbonyl (C=O) groups excluding carboxylic acids is 1. The molecule has 1 N–H and O–H groups in total. The summed E-state index contributed by atoms with van der Waals surface area (Å²) in [5.41, 5.74) is 3.24. The number of methoxy groups -OCH3 is 1. The molecule has 1 amide bonds. The molecule has 5 rings (SSSR count). The van der Waals surface area contributed by atoms with Crippen molar-refractivity contribution in [2.24, 2.45) is 0 Å². The first-order valence-corrected chi connectivity index (χ1v) is 10.4. The van der Waals surface area contributed by atoms with Gasteiger partial charge < -0.3 is 14.8 Å². The van der Waals surface area contributed by atoms with Gasteiger partial charge in [0.15, 0.2) is 23.0 Å². The molecule has 164 valence electrons. The molecule has 0 spiro atoms. The Morgan fingerprint density at radius 2 is 2.03 bits per heavy atom. The van der Waals surface area contributed by atoms with Gasteiger partial charge in [-0.25, -0.2) is 0 Å². The second-order valence-electron chi connectivity index (χ2n) is 7.93. The van der Waals surface area contributed by atoms with Crippen molar-refractivity contribution in [3.63, 3.8) is 0 Å². The molecule has 1 aliphatic rings. The Bertz CT molecular complexity index is 1320. The summed E-state index contributed by atoms with van der Waals surface area (Å²) in [6.45, 7) is 5.86. The maximum atomic E-state index is 12.8. The lowest BCUT2D eigenvalue weighted by molar-refractivity contribution is -0.116. The van der Waals surface area contributed by atoms with E-state index in [-0.39, 0.29) is 24.3 Å². The maximum Gasteiger partial charge on any atom is 0.226 e. The van der Waals surface area contributed by atoms with Gasteiger partial charge in [0, 0.05) is 23.5 Å². The zero-order valence-corrected chi connectivity index (χ0v) is 18.2. The number of carbonyl (C=O) groups is 1. The lowest BCUT2D eigenvalue weighted by atomic mass is 9.85. The van der Waals surface area contributed by atoms with Gasteiger partial charge in [-0.05, 0) is 39.0 Å². The molecule has 10 nitrogen and oxygen atoms in total. The highest BCUT2D eigenvalue weighted by atomic mass is 16.5. The minimum absolute atomic E-state index is 0.0505. The van der Waals surface area contributed by atoms with Crippen molar-refractivity contribution in [1.29, 1.82) is 0 Å². The molecule has 0 fully saturated rings. The molecule has 0 saturated heterocycles. The van der Waals surface area contributed by atoms with Gasteiger partial charge in [-0.3, -0.25) is 4.79 Å². The average Bonchev–Trinajstić information content (AvgIpc) is 3.36. The number of ether oxygens (including phenoxy) is 2. The van der Waals surface area contributed by atoms with Crippen LogP contribution in [0.15, 0.2) is 36.7 Å². The summed E-state index contributed by atoms with van der Waals surface area (Å²) in [4.78, 5) is 12.8. The SMILES string of the molecule is COc1cccc([C@@H]2CC(=O)Nc3c2c(C)nn3-c2ccc3nncn3n2)c1OC(C)C. The second kappa shape index (κ2) is 7.63. The zero-order valence-electron chi connectivity index (χ0n) is 18.2. The van der Waals surface area contributed by atoms with Gasteiger partial charge in [0.1, 0.15) is 12.1 Å². The summed E-state index contributed by atoms with van der Waals surface area (Å²) in [7, 11) is 1.61. The van der Waals surface area contributed by atoms with Crippen LogP contribution >= 0.6 is 0 Å². The molecule has 4 aromatic rings. The van der Waals surface area contributed by atoms with E-state index in [4.69, 9.17) is 14.6 Å². The number of hydrogen-bond donors (Lipinski definition) is 1. The molecule has 0 aliphatic carbocycles. The minimum atomic E-state index is -0.241. The molecule has 0 unspecified atom stereocenters. The Hall–Kier alpha value is -3.95. The number of amides is 1. The first-order valence-electron chi connectivity index (χ1n) is 10.4. The van der Waals surface area contributed by atoms with Crippen molar-refractivity contribution in [2.45, 2.75) is 39.2 Å². The summed E-state index contributed by atoms with van der Waals surface area (Å²) in [5, 5.41) is 20.1. The molecule has 10 heteroatoms. The topological polar surface area (TPSA) is 108 Å². The standard InChI is InChI=1S/C22H23N7O3/c1-12(2)32-21-14(6-5-7-16(21)31-4)15-10-19(30)24-22-20(15)13(3)26-29(22)18-9-8-17-25-23-11-28(17)27-18/h5-9,11-12,15H,10H2,1-4H3,(H,24,30)/t15-/m0/s1. The van der Waals surface area contributed by atoms with Crippen LogP contribution in [0.1, 0.15) is 43.0 Å². The number of hydrogen-bond acceptors (Lipinski definition) is 7. The molecular formula is C22H23N7O3. The van der Waals surface area contributed by atoms with Crippen LogP contribution in [0.5, 0.6) is 11.5 Å². The maximum absolute atomic E-state index is 12.8. The predicted molar refractivity (Wildman–Crippen MR) is 116 cm³/mol. The van der Waals surface area contributed by atoms with Crippen LogP contribution in [0.3, 0.4) is 0 Å². The monoisotopic (exact) mass is 433 g/mol. The highest BCUT2D eigenvalue weighted by Gasteiger charge is 2.35. The first kappa shape index (κ1) is 20.0. The van der Waals surface area contributed by atoms with Crippen LogP contribution in [0.2, 0.25) is 0 Å². The van der Waals surface area contributed by atoms with E-state index in [1.165, 1.54) is 6.33 Å². The smallest absolute Gasteiger partial charge is 0.226 e. The first-order chi connectivity index (χ1) is 15.5. The number of aryl methyl sites for hydroxylation is 1. The van der Waals surface area contributed by atoms with Crippen LogP contribution in [0.25, 0.3) is 11.5 Å². The van der Waals surface area contributed by atoms with E-state index in [0.717, 1.165) is 16.8 Å². The van der Waals surface area contributed by atoms with Gasteiger partial charge in [0.05, 0.1) is 18.9 Å². The predicted octanol–water partition coefficient (Wildman–Crippen LogP) is 2.89. The molecule has 0 bridgehead atoms. The van der Waals surface area contributed by atoms with Crippen LogP contribution in [-0.4, -0.2) is 48.7 Å². The van der Waals surface area contributed by atoms with Gasteiger partial charge in [-0.15, -0.1) is 15.3 Å². The lowest BCUT2D eigenvalue weighted by Crippen LogP contribution is -2.25. The third-order valence-corrected chi connectivity index (χ3v) is 5.43. The van der Waals surface area contributed by atoms with E-state index in [1.807, 2.05) is 39.0 Å². The summed E-state index contributed by atoms with van der Waals surface area (Å²) in [6, 6.07) is 9.35. The van der Waals surface area contributed by atoms with Crippen molar-refractivity contribution in [3.8, 4) is 17.3 Å². The van der Waals surface area contributed by atoms with Crippen LogP contribution in [0, 0.1) is 6.92 Å². The molecule has 4 heterocycles. The minimum Gasteiger partial charge on any atom is -0.493 e. The van der Waals surface area contributed by atoms with E-state index < -0.39 is 0 Å². The Morgan fingerprint density at radius 3 is 2.81 bits per heavy atom. The number of rotatable bonds is 5. The fraction of sp³-hybridized carbons (Fsp3) is 0.318. The molecular weight excluding hydrogens is 410 g/mol. The largest absolute Gasteiger partial charge is 0.493 e. The van der Waals surface area contributed by atoms with Gasteiger partial charge in [-0.2, -0.15) is 14.3 Å². The number of anilines is 1. The highest BCUT2D eigenvalue weighted by Crippen LogP contribution is 2.45. The summed E-state index contributed by atoms with van der Waals surface area (Å²) >= 11 is 0. The van der Waals surface area contributed by atoms with E-state index in [9.17, 15) is 4.79 Å². The molecule has 1 aromatic carbocycles. The molecule has 3 aromatic heterocycles. The quantitative estimate of drug-likeness (QED) is 0.515. The van der Waals surface area contributed by atoms with Crippen molar-refractivity contribution in [3.05, 3.63) is 53.5 Å². The number of fused-ring (bicyclic) bond motifs is 2. The number of nitrogens with zero attached hydrogens (tertiary/aromatic N) is 6. The second-order valence-corrected chi connectivity index (χ2v) is 7.93. The lowest BCUT2D eigenvalue weighted by Gasteiger charge is -2.27. The van der Waals surface area contributed by atoms with Crippen molar-refractivity contribution >= 4 is 17.4 Å². The van der Waals surface area contributed by atoms with Crippen molar-refractivity contribution < 1.29 is 14.3 Å². The van der Waals surface area contributed by atoms with Crippen LogP contribution in [-0.2, 0) is 4.79 Å². The number of benzene rings is 1. The van der Waals surface area contributed by atoms with Crippen molar-refractivity contribution in [2.75, 3.05) is 12.4 Å². The number of para-hydroxylation sites is 1. The van der Waals surface area contributed by atoms with Gasteiger partial charge >= 0.3 is 0 Å². The molecule has 32 heavy (non-hydrogen) atoms. The zero-order chi connectivity index (χ0) is 22.4. The fourth-order valence-corrected chi connectivity index (χ4v) is 4.14. The highest BCUT2D eigenvalue weighted by molar-refractivity contribution is 5.95. The van der Waals surface area contributed by atoms with E-state index in [0.29, 0.717) is 28.8 Å². The Kier molecular flexibility index (Phi) is 4.76. The van der Waals surface area contributed by atoms with E-state index in [1.54, 1.807) is 28.4 Å². The van der Waals surface area contributed by atoms with E-state index in [2.05, 4.69) is 20.6 Å². The van der Waals surface area contributed by atoms with E-state index >= 15 is 0 Å². The third kappa shape index (κ3) is 3.24. The Labute approximate surface area is 184 Å². The summed E-state index contributed by atoms with van der Waals surface area (Å²) in [6.07, 6.45) is 1.75. The van der Waals surface area contributed by atoms with Gasteiger partial charge in [0.25, 0.3) is 0 Å². The van der Waals surface area contributed by atoms with Crippen LogP contribution < -0.4 is 14.8 Å². The van der Waals surface area contributed by atoms with Crippen LogP contribution in [0.4, 0.5) is 5.82 Å². The summed E-state index contributed by atoms with van der Waals surface area (Å²) < 4.78 is 14.9. The Balaban J connectivity index is 1.67. The van der Waals surface area contributed by atoms with Gasteiger partial charge in [-0.1, -0.05) is 12.1 Å². The molecule has 0 radical (unpaired) electrons. The Morgan fingerprint density at radius 1 is 1.19 bits per heavy atom. The third-order valence-electron chi connectivity index (χ3n) is 5.43. The fourth-order valence-electron chi connectivity index (χ4n) is 4.14. The number of aromatic nitrogens is 6. The average molecular weight is 433 g/mol. The summed E-state index contributed by atoms with van der Waals surface area (Å²) in [5.74, 6) is 2.08. The number of nitrogens with one attached hydrogen (secondary N) is 1.